The molecule has 7 heteroatoms. The SMILES string of the molecule is CC(C)C1=NOC2(C(=O)OCC(F)(F)F)CCCC12. The zero-order valence-corrected chi connectivity index (χ0v) is 10.8. The minimum atomic E-state index is -4.53. The van der Waals surface area contributed by atoms with Gasteiger partial charge < -0.3 is 9.57 Å². The van der Waals surface area contributed by atoms with Crippen molar-refractivity contribution >= 4 is 11.7 Å². The van der Waals surface area contributed by atoms with Crippen LogP contribution in [0.2, 0.25) is 0 Å². The molecule has 2 aliphatic rings. The summed E-state index contributed by atoms with van der Waals surface area (Å²) in [7, 11) is 0. The van der Waals surface area contributed by atoms with Gasteiger partial charge in [0, 0.05) is 6.42 Å². The van der Waals surface area contributed by atoms with Crippen molar-refractivity contribution in [2.45, 2.75) is 44.9 Å². The number of hydrogen-bond acceptors (Lipinski definition) is 4. The third kappa shape index (κ3) is 2.55. The number of oxime groups is 1. The number of halogens is 3. The van der Waals surface area contributed by atoms with E-state index in [1.807, 2.05) is 13.8 Å². The molecule has 0 saturated heterocycles. The lowest BCUT2D eigenvalue weighted by atomic mass is 9.83. The molecule has 1 aliphatic heterocycles. The molecule has 0 bridgehead atoms. The lowest BCUT2D eigenvalue weighted by Gasteiger charge is -2.25. The van der Waals surface area contributed by atoms with E-state index < -0.39 is 24.4 Å². The minimum absolute atomic E-state index is 0.0976. The number of ether oxygens (including phenoxy) is 1. The fourth-order valence-corrected chi connectivity index (χ4v) is 2.73. The summed E-state index contributed by atoms with van der Waals surface area (Å²) in [6, 6.07) is 0. The highest BCUT2D eigenvalue weighted by molar-refractivity contribution is 5.97. The van der Waals surface area contributed by atoms with Crippen molar-refractivity contribution in [2.24, 2.45) is 17.0 Å². The van der Waals surface area contributed by atoms with E-state index in [0.717, 1.165) is 12.1 Å². The number of esters is 1. The molecule has 2 unspecified atom stereocenters. The van der Waals surface area contributed by atoms with Crippen LogP contribution in [0.25, 0.3) is 0 Å². The number of nitrogens with zero attached hydrogens (tertiary/aromatic N) is 1. The molecule has 2 atom stereocenters. The van der Waals surface area contributed by atoms with Crippen LogP contribution in [0, 0.1) is 11.8 Å². The van der Waals surface area contributed by atoms with Crippen LogP contribution in [0.15, 0.2) is 5.16 Å². The Balaban J connectivity index is 2.09. The number of alkyl halides is 3. The van der Waals surface area contributed by atoms with Gasteiger partial charge in [0.15, 0.2) is 6.61 Å². The second kappa shape index (κ2) is 4.68. The number of carbonyl (C=O) groups is 1. The summed E-state index contributed by atoms with van der Waals surface area (Å²) < 4.78 is 40.7. The zero-order valence-electron chi connectivity index (χ0n) is 10.8. The Morgan fingerprint density at radius 2 is 2.26 bits per heavy atom. The standard InChI is InChI=1S/C12H16F3NO3/c1-7(2)9-8-4-3-5-11(8,19-16-9)10(17)18-6-12(13,14)15/h7-8H,3-6H2,1-2H3. The predicted octanol–water partition coefficient (Wildman–Crippen LogP) is 2.67. The van der Waals surface area contributed by atoms with Gasteiger partial charge in [-0.3, -0.25) is 0 Å². The van der Waals surface area contributed by atoms with Gasteiger partial charge in [0.2, 0.25) is 5.60 Å². The second-order valence-electron chi connectivity index (χ2n) is 5.29. The van der Waals surface area contributed by atoms with E-state index in [1.54, 1.807) is 0 Å². The molecule has 1 heterocycles. The number of rotatable bonds is 3. The maximum Gasteiger partial charge on any atom is 0.422 e. The van der Waals surface area contributed by atoms with Crippen molar-refractivity contribution in [3.8, 4) is 0 Å². The smallest absolute Gasteiger partial charge is 0.422 e. The average Bonchev–Trinajstić information content (AvgIpc) is 2.82. The van der Waals surface area contributed by atoms with Crippen LogP contribution in [0.5, 0.6) is 0 Å². The third-order valence-electron chi connectivity index (χ3n) is 3.58. The molecule has 1 fully saturated rings. The quantitative estimate of drug-likeness (QED) is 0.746. The highest BCUT2D eigenvalue weighted by atomic mass is 19.4. The Kier molecular flexibility index (Phi) is 3.49. The summed E-state index contributed by atoms with van der Waals surface area (Å²) in [5.41, 5.74) is -0.591. The predicted molar refractivity (Wildman–Crippen MR) is 60.4 cm³/mol. The van der Waals surface area contributed by atoms with Gasteiger partial charge in [0.1, 0.15) is 0 Å². The first-order chi connectivity index (χ1) is 8.76. The van der Waals surface area contributed by atoms with E-state index in [2.05, 4.69) is 9.89 Å². The molecule has 4 nitrogen and oxygen atoms in total. The number of hydrogen-bond donors (Lipinski definition) is 0. The average molecular weight is 279 g/mol. The van der Waals surface area contributed by atoms with Crippen molar-refractivity contribution in [1.29, 1.82) is 0 Å². The number of fused-ring (bicyclic) bond motifs is 1. The van der Waals surface area contributed by atoms with Gasteiger partial charge in [-0.15, -0.1) is 0 Å². The molecule has 1 aliphatic carbocycles. The summed E-state index contributed by atoms with van der Waals surface area (Å²) in [4.78, 5) is 17.2. The van der Waals surface area contributed by atoms with Gasteiger partial charge in [-0.05, 0) is 18.8 Å². The maximum atomic E-state index is 12.1. The van der Waals surface area contributed by atoms with Gasteiger partial charge >= 0.3 is 12.1 Å². The van der Waals surface area contributed by atoms with E-state index in [-0.39, 0.29) is 11.8 Å². The minimum Gasteiger partial charge on any atom is -0.453 e. The molecule has 108 valence electrons. The molecule has 19 heavy (non-hydrogen) atoms. The van der Waals surface area contributed by atoms with E-state index in [9.17, 15) is 18.0 Å². The summed E-state index contributed by atoms with van der Waals surface area (Å²) in [5, 5.41) is 3.89. The van der Waals surface area contributed by atoms with Crippen molar-refractivity contribution in [2.75, 3.05) is 6.61 Å². The number of carbonyl (C=O) groups excluding carboxylic acids is 1. The van der Waals surface area contributed by atoms with E-state index in [1.165, 1.54) is 0 Å². The molecular weight excluding hydrogens is 263 g/mol. The molecule has 0 spiro atoms. The topological polar surface area (TPSA) is 47.9 Å². The highest BCUT2D eigenvalue weighted by Gasteiger charge is 2.59. The van der Waals surface area contributed by atoms with Crippen LogP contribution in [-0.4, -0.2) is 30.1 Å². The fraction of sp³-hybridized carbons (Fsp3) is 0.833. The van der Waals surface area contributed by atoms with E-state index in [4.69, 9.17) is 4.84 Å². The Labute approximate surface area is 108 Å². The van der Waals surface area contributed by atoms with E-state index >= 15 is 0 Å². The Morgan fingerprint density at radius 3 is 2.84 bits per heavy atom. The second-order valence-corrected chi connectivity index (χ2v) is 5.29. The molecule has 0 N–H and O–H groups in total. The van der Waals surface area contributed by atoms with Crippen molar-refractivity contribution < 1.29 is 27.5 Å². The lowest BCUT2D eigenvalue weighted by Crippen LogP contribution is -2.45. The zero-order chi connectivity index (χ0) is 14.3. The Bertz CT molecular complexity index is 406. The Morgan fingerprint density at radius 1 is 1.58 bits per heavy atom. The van der Waals surface area contributed by atoms with Crippen LogP contribution < -0.4 is 0 Å². The van der Waals surface area contributed by atoms with Gasteiger partial charge in [0.05, 0.1) is 11.6 Å². The summed E-state index contributed by atoms with van der Waals surface area (Å²) in [6.07, 6.45) is -2.76. The molecule has 1 saturated carbocycles. The van der Waals surface area contributed by atoms with Gasteiger partial charge in [-0.1, -0.05) is 19.0 Å². The summed E-state index contributed by atoms with van der Waals surface area (Å²) in [6.45, 7) is 2.25. The molecule has 0 amide bonds. The molecule has 0 radical (unpaired) electrons. The first kappa shape index (κ1) is 14.1. The first-order valence-corrected chi connectivity index (χ1v) is 6.26. The van der Waals surface area contributed by atoms with E-state index in [0.29, 0.717) is 12.8 Å². The normalized spacial score (nSPS) is 30.0. The molecular formula is C12H16F3NO3. The van der Waals surface area contributed by atoms with Gasteiger partial charge in [-0.2, -0.15) is 13.2 Å². The van der Waals surface area contributed by atoms with Crippen LogP contribution in [0.1, 0.15) is 33.1 Å². The molecule has 0 aromatic carbocycles. The van der Waals surface area contributed by atoms with Crippen molar-refractivity contribution in [3.05, 3.63) is 0 Å². The molecule has 2 rings (SSSR count). The Hall–Kier alpha value is -1.27. The van der Waals surface area contributed by atoms with Crippen LogP contribution in [0.4, 0.5) is 13.2 Å². The summed E-state index contributed by atoms with van der Waals surface area (Å²) >= 11 is 0. The van der Waals surface area contributed by atoms with Crippen LogP contribution in [-0.2, 0) is 14.4 Å². The third-order valence-corrected chi connectivity index (χ3v) is 3.58. The van der Waals surface area contributed by atoms with Crippen molar-refractivity contribution in [1.82, 2.24) is 0 Å². The van der Waals surface area contributed by atoms with Crippen LogP contribution >= 0.6 is 0 Å². The lowest BCUT2D eigenvalue weighted by molar-refractivity contribution is -0.202. The largest absolute Gasteiger partial charge is 0.453 e. The fourth-order valence-electron chi connectivity index (χ4n) is 2.73. The summed E-state index contributed by atoms with van der Waals surface area (Å²) in [5.74, 6) is -1.11. The highest BCUT2D eigenvalue weighted by Crippen LogP contribution is 2.46. The molecule has 0 aromatic rings. The monoisotopic (exact) mass is 279 g/mol. The first-order valence-electron chi connectivity index (χ1n) is 6.26. The van der Waals surface area contributed by atoms with Gasteiger partial charge in [-0.25, -0.2) is 4.79 Å². The van der Waals surface area contributed by atoms with Gasteiger partial charge in [0.25, 0.3) is 0 Å². The maximum absolute atomic E-state index is 12.1. The van der Waals surface area contributed by atoms with Crippen LogP contribution in [0.3, 0.4) is 0 Å². The molecule has 0 aromatic heterocycles. The van der Waals surface area contributed by atoms with Crippen molar-refractivity contribution in [3.63, 3.8) is 0 Å².